The molecule has 0 aliphatic carbocycles. The standard InChI is InChI=1S/C21H27FN2O2/c1-17-3-2-4-18(13-17)14-23-9-11-24(12-10-23)15-20(25)16-26-21-7-5-19(22)6-8-21/h2-8,13,20,25H,9-12,14-16H2,1H3. The molecule has 0 spiro atoms. The molecular formula is C21H27FN2O2. The summed E-state index contributed by atoms with van der Waals surface area (Å²) in [5.74, 6) is 0.287. The molecule has 0 saturated carbocycles. The van der Waals surface area contributed by atoms with E-state index < -0.39 is 6.10 Å². The van der Waals surface area contributed by atoms with Crippen molar-refractivity contribution in [2.75, 3.05) is 39.3 Å². The molecule has 140 valence electrons. The van der Waals surface area contributed by atoms with Crippen molar-refractivity contribution < 1.29 is 14.2 Å². The van der Waals surface area contributed by atoms with Crippen molar-refractivity contribution in [1.29, 1.82) is 0 Å². The van der Waals surface area contributed by atoms with Crippen LogP contribution >= 0.6 is 0 Å². The van der Waals surface area contributed by atoms with Gasteiger partial charge in [-0.05, 0) is 36.8 Å². The molecule has 1 heterocycles. The highest BCUT2D eigenvalue weighted by Gasteiger charge is 2.19. The average Bonchev–Trinajstić information content (AvgIpc) is 2.63. The molecule has 26 heavy (non-hydrogen) atoms. The highest BCUT2D eigenvalue weighted by atomic mass is 19.1. The number of halogens is 1. The monoisotopic (exact) mass is 358 g/mol. The first-order valence-electron chi connectivity index (χ1n) is 9.15. The number of piperazine rings is 1. The largest absolute Gasteiger partial charge is 0.491 e. The van der Waals surface area contributed by atoms with Gasteiger partial charge in [-0.2, -0.15) is 0 Å². The summed E-state index contributed by atoms with van der Waals surface area (Å²) in [7, 11) is 0. The third kappa shape index (κ3) is 5.80. The Balaban J connectivity index is 1.37. The van der Waals surface area contributed by atoms with Gasteiger partial charge < -0.3 is 9.84 Å². The maximum absolute atomic E-state index is 12.9. The molecular weight excluding hydrogens is 331 g/mol. The van der Waals surface area contributed by atoms with Crippen LogP contribution in [0.3, 0.4) is 0 Å². The number of benzene rings is 2. The van der Waals surface area contributed by atoms with Gasteiger partial charge in [0.15, 0.2) is 0 Å². The number of aliphatic hydroxyl groups is 1. The van der Waals surface area contributed by atoms with Crippen LogP contribution in [0.5, 0.6) is 5.75 Å². The van der Waals surface area contributed by atoms with Crippen LogP contribution < -0.4 is 4.74 Å². The summed E-state index contributed by atoms with van der Waals surface area (Å²) in [6, 6.07) is 14.5. The fraction of sp³-hybridized carbons (Fsp3) is 0.429. The van der Waals surface area contributed by atoms with Crippen molar-refractivity contribution in [3.63, 3.8) is 0 Å². The highest BCUT2D eigenvalue weighted by Crippen LogP contribution is 2.13. The van der Waals surface area contributed by atoms with E-state index in [1.807, 2.05) is 0 Å². The van der Waals surface area contributed by atoms with Crippen molar-refractivity contribution in [3.05, 3.63) is 65.5 Å². The topological polar surface area (TPSA) is 35.9 Å². The molecule has 1 fully saturated rings. The van der Waals surface area contributed by atoms with E-state index >= 15 is 0 Å². The Kier molecular flexibility index (Phi) is 6.61. The molecule has 0 bridgehead atoms. The van der Waals surface area contributed by atoms with E-state index in [4.69, 9.17) is 4.74 Å². The van der Waals surface area contributed by atoms with E-state index in [-0.39, 0.29) is 12.4 Å². The maximum Gasteiger partial charge on any atom is 0.123 e. The molecule has 1 aliphatic rings. The van der Waals surface area contributed by atoms with Gasteiger partial charge in [0.25, 0.3) is 0 Å². The smallest absolute Gasteiger partial charge is 0.123 e. The zero-order valence-electron chi connectivity index (χ0n) is 15.3. The Hall–Kier alpha value is -1.95. The highest BCUT2D eigenvalue weighted by molar-refractivity contribution is 5.22. The third-order valence-corrected chi connectivity index (χ3v) is 4.68. The second kappa shape index (κ2) is 9.12. The molecule has 3 rings (SSSR count). The molecule has 0 amide bonds. The van der Waals surface area contributed by atoms with E-state index in [9.17, 15) is 9.50 Å². The van der Waals surface area contributed by atoms with E-state index in [1.54, 1.807) is 12.1 Å². The molecule has 1 aliphatic heterocycles. The van der Waals surface area contributed by atoms with Crippen LogP contribution in [0.15, 0.2) is 48.5 Å². The summed E-state index contributed by atoms with van der Waals surface area (Å²) in [5, 5.41) is 10.2. The Morgan fingerprint density at radius 3 is 2.42 bits per heavy atom. The Labute approximate surface area is 154 Å². The zero-order valence-corrected chi connectivity index (χ0v) is 15.3. The van der Waals surface area contributed by atoms with E-state index in [2.05, 4.69) is 41.0 Å². The molecule has 1 N–H and O–H groups in total. The second-order valence-electron chi connectivity index (χ2n) is 6.98. The predicted octanol–water partition coefficient (Wildman–Crippen LogP) is 2.69. The molecule has 2 aromatic rings. The van der Waals surface area contributed by atoms with Crippen LogP contribution in [0.2, 0.25) is 0 Å². The normalized spacial score (nSPS) is 17.2. The van der Waals surface area contributed by atoms with Crippen LogP contribution in [0.25, 0.3) is 0 Å². The van der Waals surface area contributed by atoms with Gasteiger partial charge in [0.2, 0.25) is 0 Å². The van der Waals surface area contributed by atoms with Crippen molar-refractivity contribution in [2.45, 2.75) is 19.6 Å². The molecule has 1 unspecified atom stereocenters. The van der Waals surface area contributed by atoms with Crippen molar-refractivity contribution in [2.24, 2.45) is 0 Å². The molecule has 1 saturated heterocycles. The number of ether oxygens (including phenoxy) is 1. The van der Waals surface area contributed by atoms with E-state index in [0.717, 1.165) is 32.7 Å². The van der Waals surface area contributed by atoms with Crippen molar-refractivity contribution >= 4 is 0 Å². The van der Waals surface area contributed by atoms with Crippen LogP contribution in [-0.2, 0) is 6.54 Å². The number of aryl methyl sites for hydroxylation is 1. The first-order valence-corrected chi connectivity index (χ1v) is 9.15. The minimum atomic E-state index is -0.552. The van der Waals surface area contributed by atoms with Gasteiger partial charge in [0.1, 0.15) is 24.3 Å². The van der Waals surface area contributed by atoms with E-state index in [0.29, 0.717) is 12.3 Å². The molecule has 0 aromatic heterocycles. The zero-order chi connectivity index (χ0) is 18.4. The average molecular weight is 358 g/mol. The first-order chi connectivity index (χ1) is 12.6. The summed E-state index contributed by atoms with van der Waals surface area (Å²) in [4.78, 5) is 4.72. The van der Waals surface area contributed by atoms with Gasteiger partial charge in [-0.3, -0.25) is 9.80 Å². The van der Waals surface area contributed by atoms with Crippen LogP contribution in [-0.4, -0.2) is 60.3 Å². The predicted molar refractivity (Wildman–Crippen MR) is 101 cm³/mol. The fourth-order valence-electron chi connectivity index (χ4n) is 3.27. The van der Waals surface area contributed by atoms with Gasteiger partial charge in [-0.1, -0.05) is 29.8 Å². The summed E-state index contributed by atoms with van der Waals surface area (Å²) in [5.41, 5.74) is 2.65. The van der Waals surface area contributed by atoms with Crippen LogP contribution in [0, 0.1) is 12.7 Å². The SMILES string of the molecule is Cc1cccc(CN2CCN(CC(O)COc3ccc(F)cc3)CC2)c1. The summed E-state index contributed by atoms with van der Waals surface area (Å²) < 4.78 is 18.4. The van der Waals surface area contributed by atoms with Gasteiger partial charge in [-0.15, -0.1) is 0 Å². The van der Waals surface area contributed by atoms with E-state index in [1.165, 1.54) is 23.3 Å². The molecule has 2 aromatic carbocycles. The quantitative estimate of drug-likeness (QED) is 0.826. The van der Waals surface area contributed by atoms with Gasteiger partial charge in [-0.25, -0.2) is 4.39 Å². The van der Waals surface area contributed by atoms with Gasteiger partial charge in [0, 0.05) is 39.3 Å². The number of rotatable bonds is 7. The summed E-state index contributed by atoms with van der Waals surface area (Å²) in [6.07, 6.45) is -0.552. The van der Waals surface area contributed by atoms with Crippen molar-refractivity contribution in [1.82, 2.24) is 9.80 Å². The Bertz CT molecular complexity index is 685. The van der Waals surface area contributed by atoms with Gasteiger partial charge >= 0.3 is 0 Å². The lowest BCUT2D eigenvalue weighted by molar-refractivity contribution is 0.0446. The third-order valence-electron chi connectivity index (χ3n) is 4.68. The molecule has 5 heteroatoms. The number of hydrogen-bond donors (Lipinski definition) is 1. The minimum Gasteiger partial charge on any atom is -0.491 e. The van der Waals surface area contributed by atoms with Gasteiger partial charge in [0.05, 0.1) is 0 Å². The lowest BCUT2D eigenvalue weighted by Gasteiger charge is -2.35. The molecule has 1 atom stereocenters. The lowest BCUT2D eigenvalue weighted by Crippen LogP contribution is -2.48. The van der Waals surface area contributed by atoms with Crippen molar-refractivity contribution in [3.8, 4) is 5.75 Å². The lowest BCUT2D eigenvalue weighted by atomic mass is 10.1. The molecule has 0 radical (unpaired) electrons. The Morgan fingerprint density at radius 1 is 1.04 bits per heavy atom. The molecule has 4 nitrogen and oxygen atoms in total. The summed E-state index contributed by atoms with van der Waals surface area (Å²) >= 11 is 0. The van der Waals surface area contributed by atoms with Crippen LogP contribution in [0.4, 0.5) is 4.39 Å². The Morgan fingerprint density at radius 2 is 1.73 bits per heavy atom. The number of aliphatic hydroxyl groups excluding tert-OH is 1. The fourth-order valence-corrected chi connectivity index (χ4v) is 3.27. The number of hydrogen-bond acceptors (Lipinski definition) is 4. The maximum atomic E-state index is 12.9. The minimum absolute atomic E-state index is 0.217. The number of β-amino-alcohol motifs (C(OH)–C–C–N with tert-alkyl or cyclic N) is 1. The van der Waals surface area contributed by atoms with Crippen LogP contribution in [0.1, 0.15) is 11.1 Å². The second-order valence-corrected chi connectivity index (χ2v) is 6.98. The number of nitrogens with zero attached hydrogens (tertiary/aromatic N) is 2. The first kappa shape index (κ1) is 18.8. The summed E-state index contributed by atoms with van der Waals surface area (Å²) in [6.45, 7) is 7.80.